The normalized spacial score (nSPS) is 13.2. The highest BCUT2D eigenvalue weighted by atomic mass is 14.6. The molecule has 0 bridgehead atoms. The summed E-state index contributed by atoms with van der Waals surface area (Å²) in [6.45, 7) is 4.95. The molecule has 0 aliphatic heterocycles. The quantitative estimate of drug-likeness (QED) is 0.155. The third-order valence-electron chi connectivity index (χ3n) is 9.86. The largest absolute Gasteiger partial charge is 0.405 e. The number of hydrogen-bond donors (Lipinski definition) is 3. The topological polar surface area (TPSA) is 78.1 Å². The van der Waals surface area contributed by atoms with Crippen LogP contribution in [0.3, 0.4) is 0 Å². The molecule has 0 saturated carbocycles. The number of rotatable bonds is 8. The third-order valence-corrected chi connectivity index (χ3v) is 9.86. The third kappa shape index (κ3) is 6.59. The van der Waals surface area contributed by atoms with Gasteiger partial charge in [0, 0.05) is 12.2 Å². The van der Waals surface area contributed by atoms with Crippen molar-refractivity contribution >= 4 is 11.8 Å². The Hall–Kier alpha value is -5.64. The maximum atomic E-state index is 6.77. The number of benzene rings is 6. The Morgan fingerprint density at radius 1 is 0.633 bits per heavy atom. The molecule has 0 fully saturated rings. The van der Waals surface area contributed by atoms with Crippen molar-refractivity contribution in [2.24, 2.45) is 17.2 Å². The monoisotopic (exact) mass is 639 g/mol. The summed E-state index contributed by atoms with van der Waals surface area (Å²) >= 11 is 0. The highest BCUT2D eigenvalue weighted by Gasteiger charge is 2.45. The number of allylic oxidation sites excluding steroid dienone is 1. The molecule has 0 spiro atoms. The van der Waals surface area contributed by atoms with Gasteiger partial charge in [-0.3, -0.25) is 0 Å². The molecule has 6 aromatic carbocycles. The van der Waals surface area contributed by atoms with Gasteiger partial charge in [0.1, 0.15) is 0 Å². The van der Waals surface area contributed by atoms with Crippen LogP contribution < -0.4 is 17.2 Å². The SMILES string of the molecule is C/C(CCc1cccc(/C=C\N)c1C)=C(\N)c1ccc(C2(c3ccccc3)c3ccccc3-c3ccccc32)cc1.NCc1ccccc1. The van der Waals surface area contributed by atoms with Crippen LogP contribution in [-0.4, -0.2) is 0 Å². The van der Waals surface area contributed by atoms with Gasteiger partial charge in [-0.15, -0.1) is 0 Å². The van der Waals surface area contributed by atoms with Crippen LogP contribution in [0.4, 0.5) is 0 Å². The summed E-state index contributed by atoms with van der Waals surface area (Å²) in [6, 6.07) is 53.9. The minimum Gasteiger partial charge on any atom is -0.405 e. The lowest BCUT2D eigenvalue weighted by Crippen LogP contribution is -2.28. The van der Waals surface area contributed by atoms with E-state index < -0.39 is 0 Å². The minimum absolute atomic E-state index is 0.388. The van der Waals surface area contributed by atoms with E-state index >= 15 is 0 Å². The Bertz CT molecular complexity index is 2030. The zero-order chi connectivity index (χ0) is 34.2. The van der Waals surface area contributed by atoms with Gasteiger partial charge in [-0.2, -0.15) is 0 Å². The van der Waals surface area contributed by atoms with Crippen LogP contribution >= 0.6 is 0 Å². The molecular weight excluding hydrogens is 595 g/mol. The first-order chi connectivity index (χ1) is 24.0. The van der Waals surface area contributed by atoms with Crippen molar-refractivity contribution in [3.63, 3.8) is 0 Å². The van der Waals surface area contributed by atoms with E-state index in [-0.39, 0.29) is 5.41 Å². The Morgan fingerprint density at radius 3 is 1.76 bits per heavy atom. The molecule has 3 heteroatoms. The average Bonchev–Trinajstić information content (AvgIpc) is 3.47. The predicted octanol–water partition coefficient (Wildman–Crippen LogP) is 9.76. The summed E-state index contributed by atoms with van der Waals surface area (Å²) in [6.07, 6.45) is 5.40. The Morgan fingerprint density at radius 2 is 1.18 bits per heavy atom. The van der Waals surface area contributed by atoms with Crippen LogP contribution in [0.15, 0.2) is 163 Å². The van der Waals surface area contributed by atoms with Gasteiger partial charge < -0.3 is 17.2 Å². The summed E-state index contributed by atoms with van der Waals surface area (Å²) in [5.41, 5.74) is 33.2. The molecule has 0 unspecified atom stereocenters. The lowest BCUT2D eigenvalue weighted by atomic mass is 9.67. The number of nitrogens with two attached hydrogens (primary N) is 3. The van der Waals surface area contributed by atoms with Crippen LogP contribution in [0.5, 0.6) is 0 Å². The van der Waals surface area contributed by atoms with Gasteiger partial charge in [-0.1, -0.05) is 152 Å². The van der Waals surface area contributed by atoms with Crippen molar-refractivity contribution in [3.05, 3.63) is 214 Å². The minimum atomic E-state index is -0.388. The van der Waals surface area contributed by atoms with E-state index in [1.165, 1.54) is 55.6 Å². The van der Waals surface area contributed by atoms with Gasteiger partial charge in [0.25, 0.3) is 0 Å². The van der Waals surface area contributed by atoms with Crippen LogP contribution in [0, 0.1) is 6.92 Å². The molecule has 0 saturated heterocycles. The first-order valence-corrected chi connectivity index (χ1v) is 17.0. The van der Waals surface area contributed by atoms with Crippen molar-refractivity contribution in [3.8, 4) is 11.1 Å². The summed E-state index contributed by atoms with van der Waals surface area (Å²) in [4.78, 5) is 0. The molecule has 0 heterocycles. The molecule has 6 aromatic rings. The van der Waals surface area contributed by atoms with Gasteiger partial charge in [0.2, 0.25) is 0 Å². The lowest BCUT2D eigenvalue weighted by molar-refractivity contribution is 0.768. The highest BCUT2D eigenvalue weighted by Crippen LogP contribution is 2.55. The molecule has 244 valence electrons. The summed E-state index contributed by atoms with van der Waals surface area (Å²) in [7, 11) is 0. The van der Waals surface area contributed by atoms with E-state index in [2.05, 4.69) is 135 Å². The van der Waals surface area contributed by atoms with Crippen LogP contribution in [0.2, 0.25) is 0 Å². The zero-order valence-electron chi connectivity index (χ0n) is 28.4. The molecule has 49 heavy (non-hydrogen) atoms. The predicted molar refractivity (Wildman–Crippen MR) is 208 cm³/mol. The molecule has 0 radical (unpaired) electrons. The molecule has 0 atom stereocenters. The summed E-state index contributed by atoms with van der Waals surface area (Å²) in [5, 5.41) is 0. The Balaban J connectivity index is 0.000000459. The van der Waals surface area contributed by atoms with Gasteiger partial charge in [0.05, 0.1) is 5.41 Å². The van der Waals surface area contributed by atoms with Crippen molar-refractivity contribution in [1.29, 1.82) is 0 Å². The molecule has 1 aliphatic carbocycles. The standard InChI is InChI=1S/C39H36N2.C7H9N/c1-27(19-20-29-11-10-12-30(25-26-40)28(29)2)38(41)31-21-23-33(24-22-31)39(32-13-4-3-5-14-32)36-17-8-6-15-34(36)35-16-7-9-18-37(35)39;8-6-7-4-2-1-3-5-7/h3-18,21-26H,19-20,40-41H2,1-2H3;1-5H,6,8H2/b26-25-,38-27+;. The second-order valence-corrected chi connectivity index (χ2v) is 12.7. The van der Waals surface area contributed by atoms with Crippen LogP contribution in [0.25, 0.3) is 22.9 Å². The fourth-order valence-electron chi connectivity index (χ4n) is 7.19. The lowest BCUT2D eigenvalue weighted by Gasteiger charge is -2.34. The first-order valence-electron chi connectivity index (χ1n) is 17.0. The fraction of sp³-hybridized carbons (Fsp3) is 0.130. The molecular formula is C46H45N3. The van der Waals surface area contributed by atoms with E-state index in [4.69, 9.17) is 17.2 Å². The maximum Gasteiger partial charge on any atom is 0.0713 e. The van der Waals surface area contributed by atoms with E-state index in [9.17, 15) is 0 Å². The van der Waals surface area contributed by atoms with Crippen LogP contribution in [0.1, 0.15) is 63.4 Å². The van der Waals surface area contributed by atoms with E-state index in [1.807, 2.05) is 36.4 Å². The van der Waals surface area contributed by atoms with Gasteiger partial charge >= 0.3 is 0 Å². The van der Waals surface area contributed by atoms with Gasteiger partial charge in [0.15, 0.2) is 0 Å². The molecule has 1 aliphatic rings. The van der Waals surface area contributed by atoms with Gasteiger partial charge in [-0.05, 0) is 106 Å². The molecule has 7 rings (SSSR count). The fourth-order valence-corrected chi connectivity index (χ4v) is 7.19. The molecule has 0 amide bonds. The molecule has 0 aromatic heterocycles. The zero-order valence-corrected chi connectivity index (χ0v) is 28.4. The van der Waals surface area contributed by atoms with Crippen molar-refractivity contribution in [1.82, 2.24) is 0 Å². The highest BCUT2D eigenvalue weighted by molar-refractivity contribution is 5.86. The smallest absolute Gasteiger partial charge is 0.0713 e. The van der Waals surface area contributed by atoms with E-state index in [0.29, 0.717) is 6.54 Å². The van der Waals surface area contributed by atoms with Crippen molar-refractivity contribution < 1.29 is 0 Å². The van der Waals surface area contributed by atoms with E-state index in [0.717, 1.165) is 29.7 Å². The van der Waals surface area contributed by atoms with Crippen molar-refractivity contribution in [2.75, 3.05) is 0 Å². The van der Waals surface area contributed by atoms with Crippen molar-refractivity contribution in [2.45, 2.75) is 38.6 Å². The number of hydrogen-bond acceptors (Lipinski definition) is 3. The van der Waals surface area contributed by atoms with E-state index in [1.54, 1.807) is 6.20 Å². The second kappa shape index (κ2) is 15.1. The maximum absolute atomic E-state index is 6.77. The van der Waals surface area contributed by atoms with Crippen LogP contribution in [-0.2, 0) is 18.4 Å². The summed E-state index contributed by atoms with van der Waals surface area (Å²) < 4.78 is 0. The molecule has 6 N–H and O–H groups in total. The first kappa shape index (κ1) is 33.3. The average molecular weight is 640 g/mol. The number of aryl methyl sites for hydroxylation is 1. The van der Waals surface area contributed by atoms with Gasteiger partial charge in [-0.25, -0.2) is 0 Å². The second-order valence-electron chi connectivity index (χ2n) is 12.7. The Kier molecular flexibility index (Phi) is 10.2. The molecule has 3 nitrogen and oxygen atoms in total. The summed E-state index contributed by atoms with van der Waals surface area (Å²) in [5.74, 6) is 0. The number of fused-ring (bicyclic) bond motifs is 3. The Labute approximate surface area is 291 Å².